The maximum atomic E-state index is 12.6. The lowest BCUT2D eigenvalue weighted by molar-refractivity contribution is -0.140. The first kappa shape index (κ1) is 24.8. The van der Waals surface area contributed by atoms with Gasteiger partial charge >= 0.3 is 11.9 Å². The van der Waals surface area contributed by atoms with Crippen molar-refractivity contribution in [3.63, 3.8) is 0 Å². The summed E-state index contributed by atoms with van der Waals surface area (Å²) in [5.41, 5.74) is 0.619. The van der Waals surface area contributed by atoms with Gasteiger partial charge in [0.25, 0.3) is 0 Å². The molecule has 164 valence electrons. The van der Waals surface area contributed by atoms with E-state index in [1.165, 1.54) is 23.5 Å². The summed E-state index contributed by atoms with van der Waals surface area (Å²) in [7, 11) is 0. The summed E-state index contributed by atoms with van der Waals surface area (Å²) in [4.78, 5) is 26.4. The predicted octanol–water partition coefficient (Wildman–Crippen LogP) is 6.13. The second-order valence-corrected chi connectivity index (χ2v) is 9.44. The summed E-state index contributed by atoms with van der Waals surface area (Å²) in [6.07, 6.45) is 2.67. The number of allylic oxidation sites excluding steroid dienone is 1. The number of fused-ring (bicyclic) bond motifs is 1. The molecule has 0 saturated carbocycles. The van der Waals surface area contributed by atoms with Crippen LogP contribution in [0.5, 0.6) is 11.5 Å². The third-order valence-corrected chi connectivity index (χ3v) is 7.82. The van der Waals surface area contributed by atoms with Crippen LogP contribution in [-0.4, -0.2) is 11.9 Å². The van der Waals surface area contributed by atoms with Gasteiger partial charge in [-0.3, -0.25) is 9.59 Å². The SMILES string of the molecule is CCC(CC)C(=O)Oc1cc(C)c(OC(=O)C(CC)CC)c2c1SC(=C(C#N)C#N)S2. The highest BCUT2D eigenvalue weighted by atomic mass is 32.2. The minimum absolute atomic E-state index is 0.0293. The van der Waals surface area contributed by atoms with Crippen LogP contribution in [0.3, 0.4) is 0 Å². The maximum absolute atomic E-state index is 12.6. The van der Waals surface area contributed by atoms with Gasteiger partial charge in [-0.2, -0.15) is 10.5 Å². The molecule has 2 rings (SSSR count). The van der Waals surface area contributed by atoms with Crippen LogP contribution >= 0.6 is 23.5 Å². The van der Waals surface area contributed by atoms with Gasteiger partial charge < -0.3 is 9.47 Å². The van der Waals surface area contributed by atoms with E-state index in [9.17, 15) is 20.1 Å². The van der Waals surface area contributed by atoms with E-state index in [1.54, 1.807) is 13.0 Å². The van der Waals surface area contributed by atoms with Gasteiger partial charge in [-0.15, -0.1) is 0 Å². The quantitative estimate of drug-likeness (QED) is 0.260. The molecule has 1 aliphatic rings. The van der Waals surface area contributed by atoms with Crippen molar-refractivity contribution < 1.29 is 19.1 Å². The smallest absolute Gasteiger partial charge is 0.314 e. The minimum atomic E-state index is -0.322. The van der Waals surface area contributed by atoms with Gasteiger partial charge in [0.2, 0.25) is 0 Å². The largest absolute Gasteiger partial charge is 0.425 e. The predicted molar refractivity (Wildman–Crippen MR) is 121 cm³/mol. The van der Waals surface area contributed by atoms with Gasteiger partial charge in [0.1, 0.15) is 29.2 Å². The van der Waals surface area contributed by atoms with E-state index < -0.39 is 0 Å². The number of hydrogen-bond donors (Lipinski definition) is 0. The van der Waals surface area contributed by atoms with E-state index in [-0.39, 0.29) is 29.3 Å². The molecule has 0 atom stereocenters. The number of rotatable bonds is 8. The van der Waals surface area contributed by atoms with E-state index >= 15 is 0 Å². The van der Waals surface area contributed by atoms with E-state index in [4.69, 9.17) is 9.47 Å². The standard InChI is InChI=1S/C23H26N2O4S2/c1-6-14(7-2)21(26)28-17-10-13(5)18(29-22(27)15(8-3)9-4)20-19(17)30-23(31-20)16(11-24)12-25/h10,14-15H,6-9H2,1-5H3. The lowest BCUT2D eigenvalue weighted by Gasteiger charge is -2.18. The summed E-state index contributed by atoms with van der Waals surface area (Å²) in [5.74, 6) is -0.332. The summed E-state index contributed by atoms with van der Waals surface area (Å²) >= 11 is 2.38. The maximum Gasteiger partial charge on any atom is 0.314 e. The Bertz CT molecular complexity index is 965. The number of thioether (sulfide) groups is 2. The van der Waals surface area contributed by atoms with Crippen molar-refractivity contribution in [3.05, 3.63) is 21.4 Å². The van der Waals surface area contributed by atoms with Crippen LogP contribution in [0.15, 0.2) is 25.7 Å². The van der Waals surface area contributed by atoms with Crippen molar-refractivity contribution >= 4 is 35.5 Å². The zero-order chi connectivity index (χ0) is 23.1. The molecular formula is C23H26N2O4S2. The third-order valence-electron chi connectivity index (χ3n) is 5.21. The Hall–Kier alpha value is -2.42. The first-order valence-electron chi connectivity index (χ1n) is 10.4. The molecule has 31 heavy (non-hydrogen) atoms. The van der Waals surface area contributed by atoms with Crippen molar-refractivity contribution in [2.75, 3.05) is 0 Å². The van der Waals surface area contributed by atoms with Crippen LogP contribution in [0.1, 0.15) is 58.9 Å². The second-order valence-electron chi connectivity index (χ2n) is 7.14. The Morgan fingerprint density at radius 3 is 1.87 bits per heavy atom. The Morgan fingerprint density at radius 2 is 1.39 bits per heavy atom. The fraction of sp³-hybridized carbons (Fsp3) is 0.478. The van der Waals surface area contributed by atoms with Crippen LogP contribution in [-0.2, 0) is 9.59 Å². The number of ether oxygens (including phenoxy) is 2. The zero-order valence-electron chi connectivity index (χ0n) is 18.4. The lowest BCUT2D eigenvalue weighted by atomic mass is 10.0. The molecule has 0 fully saturated rings. The van der Waals surface area contributed by atoms with Gasteiger partial charge in [0, 0.05) is 0 Å². The van der Waals surface area contributed by atoms with Crippen LogP contribution < -0.4 is 9.47 Å². The van der Waals surface area contributed by atoms with Gasteiger partial charge in [-0.05, 0) is 44.2 Å². The first-order chi connectivity index (χ1) is 14.8. The lowest BCUT2D eigenvalue weighted by Crippen LogP contribution is -2.21. The molecule has 0 unspecified atom stereocenters. The number of carbonyl (C=O) groups is 2. The highest BCUT2D eigenvalue weighted by molar-refractivity contribution is 8.24. The van der Waals surface area contributed by atoms with Crippen molar-refractivity contribution in [3.8, 4) is 23.6 Å². The summed E-state index contributed by atoms with van der Waals surface area (Å²) in [6, 6.07) is 5.48. The van der Waals surface area contributed by atoms with E-state index in [0.717, 1.165) is 0 Å². The molecular weight excluding hydrogens is 432 g/mol. The molecule has 1 aliphatic heterocycles. The molecule has 0 aromatic heterocycles. The van der Waals surface area contributed by atoms with Crippen LogP contribution in [0.2, 0.25) is 0 Å². The summed E-state index contributed by atoms with van der Waals surface area (Å²) in [6.45, 7) is 9.52. The normalized spacial score (nSPS) is 12.4. The molecule has 1 aromatic rings. The van der Waals surface area contributed by atoms with Crippen molar-refractivity contribution in [1.82, 2.24) is 0 Å². The molecule has 0 amide bonds. The van der Waals surface area contributed by atoms with Crippen LogP contribution in [0.4, 0.5) is 0 Å². The molecule has 0 aliphatic carbocycles. The van der Waals surface area contributed by atoms with E-state index in [0.29, 0.717) is 56.8 Å². The van der Waals surface area contributed by atoms with Crippen molar-refractivity contribution in [1.29, 1.82) is 10.5 Å². The summed E-state index contributed by atoms with van der Waals surface area (Å²) in [5, 5.41) is 18.6. The Labute approximate surface area is 192 Å². The third kappa shape index (κ3) is 5.44. The molecule has 1 heterocycles. The molecule has 0 N–H and O–H groups in total. The van der Waals surface area contributed by atoms with Gasteiger partial charge in [-0.1, -0.05) is 51.2 Å². The molecule has 8 heteroatoms. The molecule has 0 bridgehead atoms. The fourth-order valence-corrected chi connectivity index (χ4v) is 5.71. The van der Waals surface area contributed by atoms with Gasteiger partial charge in [0.15, 0.2) is 0 Å². The van der Waals surface area contributed by atoms with E-state index in [2.05, 4.69) is 0 Å². The van der Waals surface area contributed by atoms with Crippen LogP contribution in [0.25, 0.3) is 0 Å². The number of benzene rings is 1. The van der Waals surface area contributed by atoms with E-state index in [1.807, 2.05) is 39.8 Å². The van der Waals surface area contributed by atoms with Gasteiger partial charge in [0.05, 0.1) is 25.9 Å². The fourth-order valence-electron chi connectivity index (χ4n) is 3.16. The molecule has 6 nitrogen and oxygen atoms in total. The monoisotopic (exact) mass is 458 g/mol. The van der Waals surface area contributed by atoms with Gasteiger partial charge in [-0.25, -0.2) is 0 Å². The average Bonchev–Trinajstić information content (AvgIpc) is 3.19. The summed E-state index contributed by atoms with van der Waals surface area (Å²) < 4.78 is 12.0. The second kappa shape index (κ2) is 11.3. The number of nitriles is 2. The first-order valence-corrected chi connectivity index (χ1v) is 12.0. The molecule has 0 saturated heterocycles. The van der Waals surface area contributed by atoms with Crippen LogP contribution in [0, 0.1) is 41.4 Å². The molecule has 0 radical (unpaired) electrons. The highest BCUT2D eigenvalue weighted by Crippen LogP contribution is 2.59. The molecule has 1 aromatic carbocycles. The Balaban J connectivity index is 2.55. The zero-order valence-corrected chi connectivity index (χ0v) is 20.0. The Kier molecular flexibility index (Phi) is 9.03. The average molecular weight is 459 g/mol. The number of carbonyl (C=O) groups excluding carboxylic acids is 2. The topological polar surface area (TPSA) is 100 Å². The number of hydrogen-bond acceptors (Lipinski definition) is 8. The number of aryl methyl sites for hydroxylation is 1. The van der Waals surface area contributed by atoms with Crippen molar-refractivity contribution in [2.45, 2.75) is 70.1 Å². The Morgan fingerprint density at radius 1 is 0.903 bits per heavy atom. The molecule has 0 spiro atoms. The van der Waals surface area contributed by atoms with Crippen molar-refractivity contribution in [2.24, 2.45) is 11.8 Å². The number of nitrogens with zero attached hydrogens (tertiary/aromatic N) is 2. The highest BCUT2D eigenvalue weighted by Gasteiger charge is 2.33. The number of esters is 2. The minimum Gasteiger partial charge on any atom is -0.425 e.